The molecule has 10 nitrogen and oxygen atoms in total. The zero-order valence-electron chi connectivity index (χ0n) is 28.6. The van der Waals surface area contributed by atoms with E-state index >= 15 is 0 Å². The van der Waals surface area contributed by atoms with E-state index in [0.717, 1.165) is 72.2 Å². The van der Waals surface area contributed by atoms with Crippen LogP contribution in [0.2, 0.25) is 0 Å². The lowest BCUT2D eigenvalue weighted by Crippen LogP contribution is -2.45. The van der Waals surface area contributed by atoms with Crippen LogP contribution in [0, 0.1) is 19.3 Å². The number of piperidine rings is 1. The topological polar surface area (TPSA) is 114 Å². The van der Waals surface area contributed by atoms with Crippen LogP contribution in [0.1, 0.15) is 72.2 Å². The first kappa shape index (κ1) is 33.4. The maximum Gasteiger partial charge on any atom is 0.245 e. The summed E-state index contributed by atoms with van der Waals surface area (Å²) in [5.41, 5.74) is 5.33. The molecule has 0 unspecified atom stereocenters. The first-order chi connectivity index (χ1) is 23.5. The summed E-state index contributed by atoms with van der Waals surface area (Å²) in [5.74, 6) is 0.366. The van der Waals surface area contributed by atoms with Crippen LogP contribution >= 0.6 is 15.9 Å². The zero-order chi connectivity index (χ0) is 34.4. The van der Waals surface area contributed by atoms with Gasteiger partial charge in [0.05, 0.1) is 23.7 Å². The third-order valence-electron chi connectivity index (χ3n) is 10.5. The van der Waals surface area contributed by atoms with Crippen molar-refractivity contribution in [2.75, 3.05) is 20.1 Å². The van der Waals surface area contributed by atoms with Crippen LogP contribution in [-0.4, -0.2) is 84.2 Å². The van der Waals surface area contributed by atoms with Gasteiger partial charge >= 0.3 is 0 Å². The average Bonchev–Trinajstić information content (AvgIpc) is 3.44. The molecular formula is C38H42BrN7O3. The molecule has 4 aromatic rings. The smallest absolute Gasteiger partial charge is 0.245 e. The van der Waals surface area contributed by atoms with Crippen molar-refractivity contribution in [1.82, 2.24) is 34.5 Å². The Balaban J connectivity index is 1.22. The van der Waals surface area contributed by atoms with Gasteiger partial charge in [0.15, 0.2) is 11.6 Å². The Morgan fingerprint density at radius 1 is 1.04 bits per heavy atom. The van der Waals surface area contributed by atoms with Crippen molar-refractivity contribution in [2.45, 2.75) is 84.3 Å². The van der Waals surface area contributed by atoms with E-state index in [-0.39, 0.29) is 41.9 Å². The van der Waals surface area contributed by atoms with Crippen molar-refractivity contribution in [3.8, 4) is 11.1 Å². The summed E-state index contributed by atoms with van der Waals surface area (Å²) < 4.78 is 2.35. The van der Waals surface area contributed by atoms with E-state index in [4.69, 9.17) is 10.1 Å². The molecule has 1 amide bonds. The number of nitrogens with zero attached hydrogens (tertiary/aromatic N) is 7. The molecular weight excluding hydrogens is 682 g/mol. The number of hydrogen-bond donors (Lipinski definition) is 0. The number of pyridine rings is 1. The molecule has 2 fully saturated rings. The molecule has 1 aliphatic carbocycles. The number of aryl methyl sites for hydroxylation is 2. The molecule has 2 aliphatic heterocycles. The summed E-state index contributed by atoms with van der Waals surface area (Å²) in [7, 11) is 2.15. The highest BCUT2D eigenvalue weighted by Crippen LogP contribution is 2.60. The average molecular weight is 725 g/mol. The lowest BCUT2D eigenvalue weighted by atomic mass is 9.93. The molecule has 7 rings (SSSR count). The zero-order valence-corrected chi connectivity index (χ0v) is 30.2. The van der Waals surface area contributed by atoms with Crippen LogP contribution in [0.5, 0.6) is 0 Å². The number of allylic oxidation sites excluding steroid dienone is 2. The van der Waals surface area contributed by atoms with Crippen LogP contribution in [0.25, 0.3) is 22.0 Å². The highest BCUT2D eigenvalue weighted by atomic mass is 79.9. The number of carbonyl (C=O) groups is 3. The number of benzene rings is 1. The van der Waals surface area contributed by atoms with Crippen LogP contribution in [0.3, 0.4) is 0 Å². The van der Waals surface area contributed by atoms with Crippen LogP contribution in [0.4, 0.5) is 0 Å². The Labute approximate surface area is 295 Å². The quantitative estimate of drug-likeness (QED) is 0.146. The van der Waals surface area contributed by atoms with E-state index in [1.807, 2.05) is 43.0 Å². The fraction of sp³-hybridized carbons (Fsp3) is 0.447. The van der Waals surface area contributed by atoms with Gasteiger partial charge in [-0.15, -0.1) is 0 Å². The molecule has 11 heteroatoms. The van der Waals surface area contributed by atoms with E-state index in [1.165, 1.54) is 6.92 Å². The third kappa shape index (κ3) is 6.62. The molecule has 2 bridgehead atoms. The summed E-state index contributed by atoms with van der Waals surface area (Å²) >= 11 is 3.50. The van der Waals surface area contributed by atoms with Crippen LogP contribution in [0.15, 0.2) is 53.4 Å². The molecule has 3 atom stereocenters. The van der Waals surface area contributed by atoms with Gasteiger partial charge in [-0.25, -0.2) is 15.0 Å². The van der Waals surface area contributed by atoms with Crippen molar-refractivity contribution >= 4 is 44.3 Å². The van der Waals surface area contributed by atoms with Crippen molar-refractivity contribution in [3.63, 3.8) is 0 Å². The monoisotopic (exact) mass is 723 g/mol. The fourth-order valence-corrected chi connectivity index (χ4v) is 8.37. The second-order valence-electron chi connectivity index (χ2n) is 14.2. The van der Waals surface area contributed by atoms with Gasteiger partial charge in [-0.2, -0.15) is 5.10 Å². The Hall–Kier alpha value is -4.09. The highest BCUT2D eigenvalue weighted by molar-refractivity contribution is 9.10. The number of halogens is 1. The Kier molecular flexibility index (Phi) is 9.08. The Bertz CT molecular complexity index is 1990. The minimum atomic E-state index is -0.542. The molecule has 3 aromatic heterocycles. The van der Waals surface area contributed by atoms with Crippen molar-refractivity contribution in [2.24, 2.45) is 5.41 Å². The van der Waals surface area contributed by atoms with Gasteiger partial charge in [-0.1, -0.05) is 18.2 Å². The van der Waals surface area contributed by atoms with E-state index in [2.05, 4.69) is 50.0 Å². The number of fused-ring (bicyclic) bond motifs is 3. The van der Waals surface area contributed by atoms with Gasteiger partial charge < -0.3 is 9.80 Å². The molecule has 5 heterocycles. The number of hydrogen-bond acceptors (Lipinski definition) is 8. The summed E-state index contributed by atoms with van der Waals surface area (Å²) in [6.45, 7) is 7.07. The van der Waals surface area contributed by atoms with Gasteiger partial charge in [0.2, 0.25) is 5.91 Å². The molecule has 1 aromatic carbocycles. The summed E-state index contributed by atoms with van der Waals surface area (Å²) in [4.78, 5) is 59.2. The number of Topliss-reactive ketones (excluding diaryl/α,β-unsaturated/α-hetero) is 2. The van der Waals surface area contributed by atoms with E-state index in [1.54, 1.807) is 17.1 Å². The molecule has 0 radical (unpaired) electrons. The van der Waals surface area contributed by atoms with Gasteiger partial charge in [-0.3, -0.25) is 19.1 Å². The predicted octanol–water partition coefficient (Wildman–Crippen LogP) is 5.86. The minimum absolute atomic E-state index is 0.00738. The molecule has 0 N–H and O–H groups in total. The largest absolute Gasteiger partial charge is 0.327 e. The summed E-state index contributed by atoms with van der Waals surface area (Å²) in [5, 5.41) is 5.39. The van der Waals surface area contributed by atoms with E-state index in [9.17, 15) is 14.4 Å². The van der Waals surface area contributed by atoms with Crippen molar-refractivity contribution in [3.05, 3.63) is 81.8 Å². The second-order valence-corrected chi connectivity index (χ2v) is 15.0. The Morgan fingerprint density at radius 2 is 1.84 bits per heavy atom. The number of ketones is 2. The number of amides is 1. The lowest BCUT2D eigenvalue weighted by molar-refractivity contribution is -0.139. The molecule has 1 saturated heterocycles. The standard InChI is InChI=1S/C38H42BrN7O3/c1-23-14-27(28-19-40-25(3)41-20-28)15-29-36(24(2)47)43-45(37(23)29)21-35(49)46-31-17-38(18-33(38)46)22-44(4)13-9-7-5-6-8-10-26-11-12-34(39)42-30(26)16-32(31)48/h6,8,11-12,14-15,19-20,31,33H,5,7,9-10,13,16-18,21-22H2,1-4H3/t31-,33+,38-/m0/s1. The Morgan fingerprint density at radius 3 is 2.61 bits per heavy atom. The van der Waals surface area contributed by atoms with Gasteiger partial charge in [0, 0.05) is 48.3 Å². The lowest BCUT2D eigenvalue weighted by Gasteiger charge is -2.27. The number of aromatic nitrogens is 5. The minimum Gasteiger partial charge on any atom is -0.327 e. The fourth-order valence-electron chi connectivity index (χ4n) is 8.02. The summed E-state index contributed by atoms with van der Waals surface area (Å²) in [6.07, 6.45) is 13.6. The van der Waals surface area contributed by atoms with Crippen LogP contribution < -0.4 is 0 Å². The molecule has 1 spiro atoms. The van der Waals surface area contributed by atoms with Gasteiger partial charge in [0.25, 0.3) is 0 Å². The van der Waals surface area contributed by atoms with Crippen molar-refractivity contribution in [1.29, 1.82) is 0 Å². The predicted molar refractivity (Wildman–Crippen MR) is 191 cm³/mol. The number of rotatable bonds is 4. The highest BCUT2D eigenvalue weighted by Gasteiger charge is 2.67. The second kappa shape index (κ2) is 13.3. The summed E-state index contributed by atoms with van der Waals surface area (Å²) in [6, 6.07) is 7.35. The van der Waals surface area contributed by atoms with Gasteiger partial charge in [0.1, 0.15) is 22.7 Å². The van der Waals surface area contributed by atoms with E-state index in [0.29, 0.717) is 34.3 Å². The molecule has 49 heavy (non-hydrogen) atoms. The molecule has 1 saturated carbocycles. The van der Waals surface area contributed by atoms with Crippen molar-refractivity contribution < 1.29 is 14.4 Å². The molecule has 3 aliphatic rings. The maximum atomic E-state index is 14.5. The number of carbonyl (C=O) groups excluding carboxylic acids is 3. The van der Waals surface area contributed by atoms with E-state index < -0.39 is 6.04 Å². The van der Waals surface area contributed by atoms with Crippen LogP contribution in [-0.2, 0) is 29.0 Å². The number of likely N-dealkylation sites (tertiary alicyclic amines) is 1. The van der Waals surface area contributed by atoms with Gasteiger partial charge in [-0.05, 0) is 117 Å². The molecule has 254 valence electrons. The maximum absolute atomic E-state index is 14.5. The first-order valence-electron chi connectivity index (χ1n) is 17.2. The normalized spacial score (nSPS) is 23.0. The first-order valence-corrected chi connectivity index (χ1v) is 17.9. The third-order valence-corrected chi connectivity index (χ3v) is 10.9. The SMILES string of the molecule is CC(=O)c1nn(CC(=O)N2[C@H]3C[C@]4(C[C@@H]24)CN(C)CCCCC=CCc2ccc(Br)nc2CC3=O)c2c(C)cc(-c3cnc(C)nc3)cc12.